The number of carbonyl (C=O) groups excluding carboxylic acids is 4. The SMILES string of the molecule is N[C@H](CS)C(=O)[O-].N[C@H](CS)C(=O)[O-].N[C@H](CS)C(=O)[O-].N[C@H](CS)C(=O)[O-].[Pt+4]. The van der Waals surface area contributed by atoms with Crippen LogP contribution in [-0.4, -0.2) is 71.1 Å². The second kappa shape index (κ2) is 25.8. The Morgan fingerprint density at radius 1 is 0.517 bits per heavy atom. The number of hydrogen-bond donors (Lipinski definition) is 8. The zero-order valence-electron chi connectivity index (χ0n) is 14.8. The Balaban J connectivity index is -0.0000000873. The fourth-order valence-corrected chi connectivity index (χ4v) is 0.894. The second-order valence-corrected chi connectivity index (χ2v) is 5.89. The average molecular weight is 676 g/mol. The molecule has 0 aromatic heterocycles. The van der Waals surface area contributed by atoms with Crippen LogP contribution in [0.3, 0.4) is 0 Å². The minimum atomic E-state index is -1.25. The zero-order chi connectivity index (χ0) is 23.4. The average Bonchev–Trinajstić information content (AvgIpc) is 2.66. The third-order valence-corrected chi connectivity index (χ3v) is 3.57. The van der Waals surface area contributed by atoms with Gasteiger partial charge in [-0.3, -0.25) is 0 Å². The van der Waals surface area contributed by atoms with Crippen LogP contribution in [0.5, 0.6) is 0 Å². The molecule has 0 aromatic carbocycles. The first-order valence-electron chi connectivity index (χ1n) is 7.02. The van der Waals surface area contributed by atoms with E-state index in [0.29, 0.717) is 0 Å². The van der Waals surface area contributed by atoms with Crippen molar-refractivity contribution in [3.8, 4) is 0 Å². The van der Waals surface area contributed by atoms with Crippen molar-refractivity contribution in [2.24, 2.45) is 22.9 Å². The van der Waals surface area contributed by atoms with Crippen molar-refractivity contribution in [3.63, 3.8) is 0 Å². The Hall–Kier alpha value is -0.192. The molecule has 0 bridgehead atoms. The van der Waals surface area contributed by atoms with Crippen LogP contribution < -0.4 is 43.4 Å². The number of carbonyl (C=O) groups is 4. The van der Waals surface area contributed by atoms with Gasteiger partial charge >= 0.3 is 21.1 Å². The van der Waals surface area contributed by atoms with E-state index in [0.717, 1.165) is 0 Å². The monoisotopic (exact) mass is 675 g/mol. The van der Waals surface area contributed by atoms with Crippen LogP contribution in [0.2, 0.25) is 0 Å². The van der Waals surface area contributed by atoms with Crippen molar-refractivity contribution < 1.29 is 60.7 Å². The van der Waals surface area contributed by atoms with Gasteiger partial charge in [-0.25, -0.2) is 0 Å². The topological polar surface area (TPSA) is 265 Å². The molecule has 0 saturated heterocycles. The molecule has 0 amide bonds. The van der Waals surface area contributed by atoms with Crippen LogP contribution in [0.25, 0.3) is 0 Å². The zero-order valence-corrected chi connectivity index (χ0v) is 20.7. The van der Waals surface area contributed by atoms with Gasteiger partial charge in [0.05, 0.1) is 48.0 Å². The predicted octanol–water partition coefficient (Wildman–Crippen LogP) is -8.03. The summed E-state index contributed by atoms with van der Waals surface area (Å²) in [5.74, 6) is -4.51. The van der Waals surface area contributed by atoms with E-state index in [4.69, 9.17) is 22.9 Å². The van der Waals surface area contributed by atoms with E-state index in [1.807, 2.05) is 0 Å². The predicted molar refractivity (Wildman–Crippen MR) is 107 cm³/mol. The minimum Gasteiger partial charge on any atom is -0.548 e. The second-order valence-electron chi connectivity index (χ2n) is 4.43. The summed E-state index contributed by atoms with van der Waals surface area (Å²) < 4.78 is 0. The molecule has 0 heterocycles. The maximum atomic E-state index is 9.65. The van der Waals surface area contributed by atoms with E-state index in [1.54, 1.807) is 0 Å². The molecule has 29 heavy (non-hydrogen) atoms. The summed E-state index contributed by atoms with van der Waals surface area (Å²) in [6.45, 7) is 0. The Kier molecular flexibility index (Phi) is 35.0. The minimum absolute atomic E-state index is 0. The molecular weight excluding hydrogens is 651 g/mol. The molecule has 17 heteroatoms. The third kappa shape index (κ3) is 32.7. The molecule has 0 saturated carbocycles. The first kappa shape index (κ1) is 39.3. The molecular formula is C12H24N4O8PtS4. The Morgan fingerprint density at radius 2 is 0.621 bits per heavy atom. The molecule has 0 aliphatic heterocycles. The first-order valence-corrected chi connectivity index (χ1v) is 9.55. The fraction of sp³-hybridized carbons (Fsp3) is 0.667. The van der Waals surface area contributed by atoms with Crippen LogP contribution in [0.1, 0.15) is 0 Å². The van der Waals surface area contributed by atoms with Crippen molar-refractivity contribution in [1.82, 2.24) is 0 Å². The maximum Gasteiger partial charge on any atom is 4.00 e. The van der Waals surface area contributed by atoms with E-state index in [2.05, 4.69) is 50.5 Å². The van der Waals surface area contributed by atoms with Crippen LogP contribution >= 0.6 is 50.5 Å². The summed E-state index contributed by atoms with van der Waals surface area (Å²) in [7, 11) is 0. The molecule has 0 unspecified atom stereocenters. The number of aliphatic carboxylic acids is 4. The number of rotatable bonds is 8. The van der Waals surface area contributed by atoms with Gasteiger partial charge in [-0.1, -0.05) is 0 Å². The standard InChI is InChI=1S/4C3H7NO2S.Pt/c4*4-2(1-7)3(5)6;/h4*2,7H,1,4H2,(H,5,6);/q;;;;+4/p-4/t4*2-;/m1111./s1. The van der Waals surface area contributed by atoms with E-state index in [9.17, 15) is 39.6 Å². The number of carboxylic acids is 4. The molecule has 0 aromatic rings. The third-order valence-electron chi connectivity index (χ3n) is 2.00. The van der Waals surface area contributed by atoms with Gasteiger partial charge in [0.2, 0.25) is 0 Å². The van der Waals surface area contributed by atoms with Gasteiger partial charge in [0.1, 0.15) is 0 Å². The van der Waals surface area contributed by atoms with Gasteiger partial charge in [0, 0.05) is 23.0 Å². The number of nitrogens with two attached hydrogens (primary N) is 4. The van der Waals surface area contributed by atoms with E-state index >= 15 is 0 Å². The van der Waals surface area contributed by atoms with Crippen molar-refractivity contribution in [2.75, 3.05) is 23.0 Å². The molecule has 174 valence electrons. The summed E-state index contributed by atoms with van der Waals surface area (Å²) in [5.41, 5.74) is 19.5. The Morgan fingerprint density at radius 3 is 0.621 bits per heavy atom. The van der Waals surface area contributed by atoms with Crippen molar-refractivity contribution in [1.29, 1.82) is 0 Å². The smallest absolute Gasteiger partial charge is 0.548 e. The van der Waals surface area contributed by atoms with Crippen molar-refractivity contribution in [2.45, 2.75) is 24.2 Å². The fourth-order valence-electron chi connectivity index (χ4n) is 0.298. The molecule has 0 radical (unpaired) electrons. The summed E-state index contributed by atoms with van der Waals surface area (Å²) >= 11 is 14.4. The largest absolute Gasteiger partial charge is 4.00 e. The van der Waals surface area contributed by atoms with Crippen molar-refractivity contribution in [3.05, 3.63) is 0 Å². The van der Waals surface area contributed by atoms with Crippen molar-refractivity contribution >= 4 is 74.4 Å². The van der Waals surface area contributed by atoms with Gasteiger partial charge < -0.3 is 62.5 Å². The van der Waals surface area contributed by atoms with Gasteiger partial charge in [-0.15, -0.1) is 0 Å². The summed E-state index contributed by atoms with van der Waals surface area (Å²) in [5, 5.41) is 38.6. The Bertz CT molecular complexity index is 388. The number of hydrogen-bond acceptors (Lipinski definition) is 16. The molecule has 4 atom stereocenters. The van der Waals surface area contributed by atoms with E-state index in [1.165, 1.54) is 0 Å². The number of carboxylic acid groups (broad SMARTS) is 4. The molecule has 0 aliphatic rings. The normalized spacial score (nSPS) is 13.0. The molecule has 12 nitrogen and oxygen atoms in total. The summed E-state index contributed by atoms with van der Waals surface area (Å²) in [6, 6.07) is -3.71. The molecule has 8 N–H and O–H groups in total. The molecule has 0 fully saturated rings. The van der Waals surface area contributed by atoms with Gasteiger partial charge in [-0.05, 0) is 0 Å². The van der Waals surface area contributed by atoms with Gasteiger partial charge in [-0.2, -0.15) is 50.5 Å². The van der Waals surface area contributed by atoms with Crippen LogP contribution in [-0.2, 0) is 40.2 Å². The van der Waals surface area contributed by atoms with Gasteiger partial charge in [0.25, 0.3) is 0 Å². The molecule has 0 aliphatic carbocycles. The van der Waals surface area contributed by atoms with Crippen LogP contribution in [0.15, 0.2) is 0 Å². The summed E-state index contributed by atoms with van der Waals surface area (Å²) in [4.78, 5) is 38.6. The van der Waals surface area contributed by atoms with Gasteiger partial charge in [0.15, 0.2) is 0 Å². The van der Waals surface area contributed by atoms with Crippen LogP contribution in [0.4, 0.5) is 0 Å². The van der Waals surface area contributed by atoms with E-state index in [-0.39, 0.29) is 44.1 Å². The first-order chi connectivity index (χ1) is 12.7. The Labute approximate surface area is 204 Å². The van der Waals surface area contributed by atoms with E-state index < -0.39 is 48.0 Å². The maximum absolute atomic E-state index is 9.65. The van der Waals surface area contributed by atoms with Crippen LogP contribution in [0, 0.1) is 0 Å². The number of thiol groups is 4. The quantitative estimate of drug-likeness (QED) is 0.112. The molecule has 0 rings (SSSR count). The molecule has 0 spiro atoms. The summed E-state index contributed by atoms with van der Waals surface area (Å²) in [6.07, 6.45) is 0.